The van der Waals surface area contributed by atoms with Crippen LogP contribution in [0.25, 0.3) is 16.9 Å². The van der Waals surface area contributed by atoms with Crippen LogP contribution in [0.15, 0.2) is 65.5 Å². The molecule has 0 spiro atoms. The molecule has 0 atom stereocenters. The van der Waals surface area contributed by atoms with Crippen LogP contribution in [0.4, 0.5) is 15.9 Å². The molecule has 8 heteroatoms. The highest BCUT2D eigenvalue weighted by molar-refractivity contribution is 9.10. The maximum Gasteiger partial charge on any atom is 0.339 e. The average molecular weight is 441 g/mol. The lowest BCUT2D eigenvalue weighted by molar-refractivity contribution is 0.0602. The monoisotopic (exact) mass is 440 g/mol. The van der Waals surface area contributed by atoms with Crippen LogP contribution in [0, 0.1) is 5.82 Å². The summed E-state index contributed by atoms with van der Waals surface area (Å²) in [6.45, 7) is 0. The van der Waals surface area contributed by atoms with Gasteiger partial charge in [-0.25, -0.2) is 19.2 Å². The van der Waals surface area contributed by atoms with E-state index in [-0.39, 0.29) is 5.82 Å². The molecular weight excluding hydrogens is 427 g/mol. The Labute approximate surface area is 168 Å². The number of imidazole rings is 1. The molecule has 2 aromatic heterocycles. The molecule has 140 valence electrons. The molecule has 4 aromatic rings. The maximum absolute atomic E-state index is 13.4. The van der Waals surface area contributed by atoms with Crippen molar-refractivity contribution in [3.63, 3.8) is 0 Å². The number of para-hydroxylation sites is 1. The first-order valence-electron chi connectivity index (χ1n) is 8.30. The van der Waals surface area contributed by atoms with E-state index in [9.17, 15) is 9.18 Å². The van der Waals surface area contributed by atoms with Gasteiger partial charge in [0.15, 0.2) is 5.65 Å². The number of fused-ring (bicyclic) bond motifs is 1. The lowest BCUT2D eigenvalue weighted by Crippen LogP contribution is -2.06. The Morgan fingerprint density at radius 2 is 1.93 bits per heavy atom. The van der Waals surface area contributed by atoms with E-state index in [1.54, 1.807) is 42.7 Å². The van der Waals surface area contributed by atoms with E-state index in [2.05, 4.69) is 31.2 Å². The number of anilines is 2. The summed E-state index contributed by atoms with van der Waals surface area (Å²) in [5.74, 6) is -0.174. The van der Waals surface area contributed by atoms with Crippen LogP contribution in [0.1, 0.15) is 10.4 Å². The molecule has 6 nitrogen and oxygen atoms in total. The van der Waals surface area contributed by atoms with E-state index >= 15 is 0 Å². The topological polar surface area (TPSA) is 68.5 Å². The molecule has 0 saturated heterocycles. The molecule has 28 heavy (non-hydrogen) atoms. The molecule has 0 aliphatic heterocycles. The lowest BCUT2D eigenvalue weighted by Gasteiger charge is -2.12. The Kier molecular flexibility index (Phi) is 4.79. The van der Waals surface area contributed by atoms with Crippen molar-refractivity contribution in [2.75, 3.05) is 12.4 Å². The Morgan fingerprint density at radius 3 is 2.68 bits per heavy atom. The van der Waals surface area contributed by atoms with Gasteiger partial charge in [0.25, 0.3) is 0 Å². The quantitative estimate of drug-likeness (QED) is 0.460. The van der Waals surface area contributed by atoms with Gasteiger partial charge in [-0.05, 0) is 52.3 Å². The largest absolute Gasteiger partial charge is 0.465 e. The summed E-state index contributed by atoms with van der Waals surface area (Å²) in [4.78, 5) is 21.0. The summed E-state index contributed by atoms with van der Waals surface area (Å²) in [6, 6.07) is 13.1. The number of aromatic nitrogens is 3. The smallest absolute Gasteiger partial charge is 0.339 e. The second-order valence-corrected chi connectivity index (χ2v) is 6.73. The van der Waals surface area contributed by atoms with Gasteiger partial charge in [-0.2, -0.15) is 0 Å². The number of benzene rings is 2. The minimum Gasteiger partial charge on any atom is -0.465 e. The molecule has 2 aromatic carbocycles. The SMILES string of the molecule is COC(=O)c1ccccc1Nc1c(-c2ccc(F)cc2)nc2cnc(Br)cn12. The van der Waals surface area contributed by atoms with E-state index < -0.39 is 5.97 Å². The number of nitrogens with zero attached hydrogens (tertiary/aromatic N) is 3. The molecule has 0 fully saturated rings. The van der Waals surface area contributed by atoms with E-state index in [0.717, 1.165) is 5.56 Å². The molecule has 0 radical (unpaired) electrons. The number of carbonyl (C=O) groups excluding carboxylic acids is 1. The number of methoxy groups -OCH3 is 1. The van der Waals surface area contributed by atoms with Gasteiger partial charge in [0, 0.05) is 11.8 Å². The molecular formula is C20H14BrFN4O2. The minimum atomic E-state index is -0.455. The lowest BCUT2D eigenvalue weighted by atomic mass is 10.1. The second-order valence-electron chi connectivity index (χ2n) is 5.92. The maximum atomic E-state index is 13.4. The molecule has 2 heterocycles. The van der Waals surface area contributed by atoms with E-state index in [1.165, 1.54) is 19.2 Å². The second kappa shape index (κ2) is 7.40. The van der Waals surface area contributed by atoms with Crippen molar-refractivity contribution in [1.29, 1.82) is 0 Å². The molecule has 0 aliphatic carbocycles. The van der Waals surface area contributed by atoms with Crippen molar-refractivity contribution in [2.24, 2.45) is 0 Å². The molecule has 0 amide bonds. The van der Waals surface area contributed by atoms with Crippen LogP contribution in [0.2, 0.25) is 0 Å². The summed E-state index contributed by atoms with van der Waals surface area (Å²) in [7, 11) is 1.33. The standard InChI is InChI=1S/C20H14BrFN4O2/c1-28-20(27)14-4-2-3-5-15(14)24-19-18(12-6-8-13(22)9-7-12)25-17-10-23-16(21)11-26(17)19/h2-11,24H,1H3. The third-order valence-electron chi connectivity index (χ3n) is 4.18. The van der Waals surface area contributed by atoms with Crippen molar-refractivity contribution in [3.05, 3.63) is 76.9 Å². The molecule has 0 aliphatic rings. The van der Waals surface area contributed by atoms with Crippen LogP contribution >= 0.6 is 15.9 Å². The molecule has 0 unspecified atom stereocenters. The van der Waals surface area contributed by atoms with Crippen LogP contribution in [-0.2, 0) is 4.74 Å². The molecule has 0 bridgehead atoms. The summed E-state index contributed by atoms with van der Waals surface area (Å²) >= 11 is 3.36. The predicted molar refractivity (Wildman–Crippen MR) is 107 cm³/mol. The van der Waals surface area contributed by atoms with Crippen LogP contribution < -0.4 is 5.32 Å². The first-order chi connectivity index (χ1) is 13.6. The third-order valence-corrected chi connectivity index (χ3v) is 4.59. The number of ether oxygens (including phenoxy) is 1. The number of carbonyl (C=O) groups is 1. The highest BCUT2D eigenvalue weighted by Gasteiger charge is 2.18. The van der Waals surface area contributed by atoms with Gasteiger partial charge in [-0.1, -0.05) is 12.1 Å². The summed E-state index contributed by atoms with van der Waals surface area (Å²) in [6.07, 6.45) is 3.38. The van der Waals surface area contributed by atoms with Gasteiger partial charge in [-0.3, -0.25) is 4.40 Å². The van der Waals surface area contributed by atoms with Gasteiger partial charge in [0.05, 0.1) is 24.6 Å². The minimum absolute atomic E-state index is 0.331. The highest BCUT2D eigenvalue weighted by Crippen LogP contribution is 2.32. The Bertz CT molecular complexity index is 1170. The normalized spacial score (nSPS) is 10.8. The number of nitrogens with one attached hydrogen (secondary N) is 1. The summed E-state index contributed by atoms with van der Waals surface area (Å²) < 4.78 is 20.7. The number of rotatable bonds is 4. The average Bonchev–Trinajstić information content (AvgIpc) is 3.06. The Hall–Kier alpha value is -3.26. The van der Waals surface area contributed by atoms with Gasteiger partial charge in [-0.15, -0.1) is 0 Å². The first-order valence-corrected chi connectivity index (χ1v) is 9.10. The number of hydrogen-bond acceptors (Lipinski definition) is 5. The Morgan fingerprint density at radius 1 is 1.18 bits per heavy atom. The zero-order valence-corrected chi connectivity index (χ0v) is 16.3. The van der Waals surface area contributed by atoms with Crippen molar-refractivity contribution in [1.82, 2.24) is 14.4 Å². The van der Waals surface area contributed by atoms with Crippen LogP contribution in [-0.4, -0.2) is 27.4 Å². The first kappa shape index (κ1) is 18.1. The predicted octanol–water partition coefficient (Wildman–Crippen LogP) is 4.83. The van der Waals surface area contributed by atoms with Gasteiger partial charge in [0.2, 0.25) is 0 Å². The fourth-order valence-electron chi connectivity index (χ4n) is 2.87. The fraction of sp³-hybridized carbons (Fsp3) is 0.0500. The highest BCUT2D eigenvalue weighted by atomic mass is 79.9. The summed E-state index contributed by atoms with van der Waals surface area (Å²) in [5, 5.41) is 3.28. The van der Waals surface area contributed by atoms with E-state index in [1.807, 2.05) is 10.5 Å². The van der Waals surface area contributed by atoms with Gasteiger partial charge in [0.1, 0.15) is 21.9 Å². The van der Waals surface area contributed by atoms with Gasteiger partial charge < -0.3 is 10.1 Å². The van der Waals surface area contributed by atoms with Crippen LogP contribution in [0.5, 0.6) is 0 Å². The Balaban J connectivity index is 1.90. The van der Waals surface area contributed by atoms with Crippen molar-refractivity contribution >= 4 is 39.1 Å². The third kappa shape index (κ3) is 3.34. The molecule has 4 rings (SSSR count). The molecule has 0 saturated carbocycles. The zero-order valence-electron chi connectivity index (χ0n) is 14.7. The van der Waals surface area contributed by atoms with E-state index in [4.69, 9.17) is 4.74 Å². The van der Waals surface area contributed by atoms with E-state index in [0.29, 0.717) is 33.0 Å². The number of esters is 1. The number of halogens is 2. The van der Waals surface area contributed by atoms with Gasteiger partial charge >= 0.3 is 5.97 Å². The zero-order chi connectivity index (χ0) is 19.7. The summed E-state index contributed by atoms with van der Waals surface area (Å²) in [5.41, 5.74) is 2.87. The molecule has 1 N–H and O–H groups in total. The van der Waals surface area contributed by atoms with Crippen molar-refractivity contribution in [3.8, 4) is 11.3 Å². The number of hydrogen-bond donors (Lipinski definition) is 1. The fourth-order valence-corrected chi connectivity index (χ4v) is 3.17. The van der Waals surface area contributed by atoms with Crippen molar-refractivity contribution in [2.45, 2.75) is 0 Å². The van der Waals surface area contributed by atoms with Crippen molar-refractivity contribution < 1.29 is 13.9 Å². The van der Waals surface area contributed by atoms with Crippen LogP contribution in [0.3, 0.4) is 0 Å².